The second-order valence-corrected chi connectivity index (χ2v) is 6.00. The third-order valence-electron chi connectivity index (χ3n) is 3.48. The van der Waals surface area contributed by atoms with Gasteiger partial charge >= 0.3 is 0 Å². The van der Waals surface area contributed by atoms with Gasteiger partial charge in [0.25, 0.3) is 0 Å². The first-order valence-corrected chi connectivity index (χ1v) is 8.28. The third-order valence-corrected chi connectivity index (χ3v) is 3.48. The van der Waals surface area contributed by atoms with Crippen molar-refractivity contribution in [3.05, 3.63) is 29.8 Å². The van der Waals surface area contributed by atoms with Gasteiger partial charge in [0.2, 0.25) is 0 Å². The Morgan fingerprint density at radius 3 is 2.32 bits per heavy atom. The van der Waals surface area contributed by atoms with Crippen molar-refractivity contribution in [1.82, 2.24) is 10.6 Å². The zero-order chi connectivity index (χ0) is 17.8. The first-order chi connectivity index (χ1) is 11.5. The molecular formula is C18H32IN3O3. The highest BCUT2D eigenvalue weighted by molar-refractivity contribution is 14.0. The number of guanidine groups is 1. The van der Waals surface area contributed by atoms with Gasteiger partial charge in [-0.1, -0.05) is 12.1 Å². The minimum absolute atomic E-state index is 0. The van der Waals surface area contributed by atoms with Crippen LogP contribution in [0.2, 0.25) is 0 Å². The molecule has 1 aromatic carbocycles. The topological polar surface area (TPSA) is 64.1 Å². The molecule has 0 saturated heterocycles. The summed E-state index contributed by atoms with van der Waals surface area (Å²) in [6, 6.07) is 7.95. The summed E-state index contributed by atoms with van der Waals surface area (Å²) in [6.07, 6.45) is 0. The first kappa shape index (κ1) is 23.9. The maximum absolute atomic E-state index is 5.55. The molecule has 25 heavy (non-hydrogen) atoms. The number of methoxy groups -OCH3 is 2. The number of nitrogens with zero attached hydrogens (tertiary/aromatic N) is 1. The minimum Gasteiger partial charge on any atom is -0.491 e. The number of rotatable bonds is 10. The van der Waals surface area contributed by atoms with E-state index in [2.05, 4.69) is 15.6 Å². The molecule has 144 valence electrons. The fourth-order valence-electron chi connectivity index (χ4n) is 1.81. The zero-order valence-electron chi connectivity index (χ0n) is 15.9. The molecule has 0 radical (unpaired) electrons. The Bertz CT molecular complexity index is 493. The Balaban J connectivity index is 0.00000576. The van der Waals surface area contributed by atoms with Crippen molar-refractivity contribution >= 4 is 29.9 Å². The van der Waals surface area contributed by atoms with Gasteiger partial charge in [-0.2, -0.15) is 0 Å². The Kier molecular flexibility index (Phi) is 12.6. The number of ether oxygens (including phenoxy) is 3. The summed E-state index contributed by atoms with van der Waals surface area (Å²) in [6.45, 7) is 9.34. The van der Waals surface area contributed by atoms with Crippen molar-refractivity contribution in [3.63, 3.8) is 0 Å². The minimum atomic E-state index is -0.239. The standard InChI is InChI=1S/C18H31N3O3.HI/c1-6-19-17(21-14-18(2,3)23-5)20-13-15-7-9-16(10-8-15)24-12-11-22-4;/h7-10H,6,11-14H2,1-5H3,(H2,19,20,21);1H. The Labute approximate surface area is 168 Å². The van der Waals surface area contributed by atoms with E-state index in [0.29, 0.717) is 26.3 Å². The maximum atomic E-state index is 5.55. The Morgan fingerprint density at radius 1 is 1.08 bits per heavy atom. The van der Waals surface area contributed by atoms with Crippen LogP contribution in [0, 0.1) is 0 Å². The van der Waals surface area contributed by atoms with E-state index in [1.54, 1.807) is 14.2 Å². The summed E-state index contributed by atoms with van der Waals surface area (Å²) in [7, 11) is 3.37. The molecule has 0 heterocycles. The number of hydrogen-bond donors (Lipinski definition) is 2. The molecular weight excluding hydrogens is 433 g/mol. The van der Waals surface area contributed by atoms with Crippen molar-refractivity contribution in [2.45, 2.75) is 32.9 Å². The molecule has 0 spiro atoms. The van der Waals surface area contributed by atoms with Gasteiger partial charge < -0.3 is 24.8 Å². The number of aliphatic imine (C=N–C) groups is 1. The lowest BCUT2D eigenvalue weighted by molar-refractivity contribution is 0.0268. The average Bonchev–Trinajstić information content (AvgIpc) is 2.59. The van der Waals surface area contributed by atoms with Gasteiger partial charge in [0.05, 0.1) is 18.8 Å². The molecule has 0 aliphatic heterocycles. The molecule has 0 saturated carbocycles. The Hall–Kier alpha value is -1.06. The van der Waals surface area contributed by atoms with E-state index in [-0.39, 0.29) is 29.6 Å². The van der Waals surface area contributed by atoms with E-state index in [9.17, 15) is 0 Å². The summed E-state index contributed by atoms with van der Waals surface area (Å²) >= 11 is 0. The molecule has 0 unspecified atom stereocenters. The van der Waals surface area contributed by atoms with Gasteiger partial charge in [0.1, 0.15) is 12.4 Å². The molecule has 1 aromatic rings. The number of nitrogens with one attached hydrogen (secondary N) is 2. The summed E-state index contributed by atoms with van der Waals surface area (Å²) < 4.78 is 15.9. The normalized spacial score (nSPS) is 11.6. The molecule has 0 aliphatic carbocycles. The highest BCUT2D eigenvalue weighted by Crippen LogP contribution is 2.12. The van der Waals surface area contributed by atoms with Gasteiger partial charge in [0.15, 0.2) is 5.96 Å². The van der Waals surface area contributed by atoms with Crippen molar-refractivity contribution in [2.24, 2.45) is 4.99 Å². The van der Waals surface area contributed by atoms with Crippen molar-refractivity contribution in [3.8, 4) is 5.75 Å². The van der Waals surface area contributed by atoms with Gasteiger partial charge in [-0.3, -0.25) is 0 Å². The largest absolute Gasteiger partial charge is 0.491 e. The van der Waals surface area contributed by atoms with E-state index < -0.39 is 0 Å². The number of hydrogen-bond acceptors (Lipinski definition) is 4. The highest BCUT2D eigenvalue weighted by atomic mass is 127. The fraction of sp³-hybridized carbons (Fsp3) is 0.611. The fourth-order valence-corrected chi connectivity index (χ4v) is 1.81. The van der Waals surface area contributed by atoms with Crippen molar-refractivity contribution < 1.29 is 14.2 Å². The van der Waals surface area contributed by atoms with Crippen molar-refractivity contribution in [1.29, 1.82) is 0 Å². The maximum Gasteiger partial charge on any atom is 0.191 e. The van der Waals surface area contributed by atoms with Crippen LogP contribution in [0.25, 0.3) is 0 Å². The number of halogens is 1. The summed E-state index contributed by atoms with van der Waals surface area (Å²) in [4.78, 5) is 4.60. The second-order valence-electron chi connectivity index (χ2n) is 6.00. The zero-order valence-corrected chi connectivity index (χ0v) is 18.3. The molecule has 0 amide bonds. The van der Waals surface area contributed by atoms with Gasteiger partial charge in [-0.05, 0) is 38.5 Å². The lowest BCUT2D eigenvalue weighted by atomic mass is 10.1. The van der Waals surface area contributed by atoms with E-state index in [1.165, 1.54) is 0 Å². The predicted octanol–water partition coefficient (Wildman–Crippen LogP) is 2.81. The summed E-state index contributed by atoms with van der Waals surface area (Å²) in [5, 5.41) is 6.54. The van der Waals surface area contributed by atoms with Gasteiger partial charge in [-0.25, -0.2) is 4.99 Å². The molecule has 0 fully saturated rings. The highest BCUT2D eigenvalue weighted by Gasteiger charge is 2.16. The summed E-state index contributed by atoms with van der Waals surface area (Å²) in [5.74, 6) is 1.62. The van der Waals surface area contributed by atoms with Crippen LogP contribution in [-0.4, -0.2) is 52.1 Å². The molecule has 0 bridgehead atoms. The molecule has 0 atom stereocenters. The van der Waals surface area contributed by atoms with Crippen molar-refractivity contribution in [2.75, 3.05) is 40.5 Å². The monoisotopic (exact) mass is 465 g/mol. The molecule has 2 N–H and O–H groups in total. The van der Waals surface area contributed by atoms with Crippen LogP contribution in [-0.2, 0) is 16.0 Å². The van der Waals surface area contributed by atoms with Crippen LogP contribution >= 0.6 is 24.0 Å². The first-order valence-electron chi connectivity index (χ1n) is 8.28. The molecule has 0 aliphatic rings. The lowest BCUT2D eigenvalue weighted by Gasteiger charge is -2.24. The molecule has 0 aromatic heterocycles. The summed E-state index contributed by atoms with van der Waals surface area (Å²) in [5.41, 5.74) is 0.884. The van der Waals surface area contributed by atoms with Crippen LogP contribution < -0.4 is 15.4 Å². The van der Waals surface area contributed by atoms with E-state index >= 15 is 0 Å². The lowest BCUT2D eigenvalue weighted by Crippen LogP contribution is -2.45. The average molecular weight is 465 g/mol. The van der Waals surface area contributed by atoms with Gasteiger partial charge in [-0.15, -0.1) is 24.0 Å². The smallest absolute Gasteiger partial charge is 0.191 e. The predicted molar refractivity (Wildman–Crippen MR) is 113 cm³/mol. The quantitative estimate of drug-likeness (QED) is 0.241. The van der Waals surface area contributed by atoms with Crippen LogP contribution in [0.4, 0.5) is 0 Å². The van der Waals surface area contributed by atoms with E-state index in [1.807, 2.05) is 45.0 Å². The SMILES string of the molecule is CCNC(=NCc1ccc(OCCOC)cc1)NCC(C)(C)OC.I. The Morgan fingerprint density at radius 2 is 1.76 bits per heavy atom. The third kappa shape index (κ3) is 10.5. The van der Waals surface area contributed by atoms with Crippen LogP contribution in [0.3, 0.4) is 0 Å². The second kappa shape index (κ2) is 13.2. The van der Waals surface area contributed by atoms with E-state index in [4.69, 9.17) is 14.2 Å². The van der Waals surface area contributed by atoms with Crippen LogP contribution in [0.5, 0.6) is 5.75 Å². The molecule has 1 rings (SSSR count). The number of benzene rings is 1. The molecule has 6 nitrogen and oxygen atoms in total. The molecule has 7 heteroatoms. The van der Waals surface area contributed by atoms with Crippen LogP contribution in [0.15, 0.2) is 29.3 Å². The van der Waals surface area contributed by atoms with E-state index in [0.717, 1.165) is 23.8 Å². The van der Waals surface area contributed by atoms with Gasteiger partial charge in [0, 0.05) is 27.3 Å². The van der Waals surface area contributed by atoms with Crippen LogP contribution in [0.1, 0.15) is 26.3 Å².